The standard InChI is InChI=1S/C29H32N6O2/c1-4-5-20-16-22-17-31-29(33-24-8-6-23(7-9-24)32-25-10-13-30-14-11-25)34-27(22)35(28(20)36)18-21-12-15-37-26(21)19(2)3/h6-9,12,15-17,19,25,30,32H,10-11,13-14,18H2,1-3H3,(H,31,33,34). The van der Waals surface area contributed by atoms with Crippen molar-refractivity contribution >= 4 is 28.4 Å². The Morgan fingerprint density at radius 3 is 2.65 bits per heavy atom. The Morgan fingerprint density at radius 1 is 1.16 bits per heavy atom. The molecule has 5 rings (SSSR count). The Bertz CT molecular complexity index is 1500. The fraction of sp³-hybridized carbons (Fsp3) is 0.345. The van der Waals surface area contributed by atoms with Crippen molar-refractivity contribution in [3.63, 3.8) is 0 Å². The number of anilines is 3. The number of aromatic nitrogens is 3. The van der Waals surface area contributed by atoms with E-state index < -0.39 is 0 Å². The molecule has 37 heavy (non-hydrogen) atoms. The first kappa shape index (κ1) is 24.6. The van der Waals surface area contributed by atoms with E-state index in [0.717, 1.165) is 54.0 Å². The quantitative estimate of drug-likeness (QED) is 0.315. The van der Waals surface area contributed by atoms with Gasteiger partial charge in [0.25, 0.3) is 5.56 Å². The molecule has 0 amide bonds. The summed E-state index contributed by atoms with van der Waals surface area (Å²) in [6.45, 7) is 8.30. The van der Waals surface area contributed by atoms with Crippen LogP contribution >= 0.6 is 0 Å². The third-order valence-corrected chi connectivity index (χ3v) is 6.57. The zero-order valence-electron chi connectivity index (χ0n) is 21.5. The first-order valence-electron chi connectivity index (χ1n) is 12.8. The number of fused-ring (bicyclic) bond motifs is 1. The van der Waals surface area contributed by atoms with Crippen molar-refractivity contribution in [2.75, 3.05) is 23.7 Å². The third kappa shape index (κ3) is 5.52. The van der Waals surface area contributed by atoms with Crippen molar-refractivity contribution in [3.05, 3.63) is 76.1 Å². The number of nitrogens with zero attached hydrogens (tertiary/aromatic N) is 3. The minimum Gasteiger partial charge on any atom is -0.469 e. The molecule has 1 aromatic carbocycles. The second kappa shape index (κ2) is 10.9. The van der Waals surface area contributed by atoms with Crippen molar-refractivity contribution in [2.24, 2.45) is 0 Å². The molecule has 190 valence electrons. The summed E-state index contributed by atoms with van der Waals surface area (Å²) >= 11 is 0. The number of furan rings is 1. The molecule has 0 unspecified atom stereocenters. The smallest absolute Gasteiger partial charge is 0.268 e. The summed E-state index contributed by atoms with van der Waals surface area (Å²) in [5.41, 5.74) is 3.70. The Balaban J connectivity index is 1.44. The van der Waals surface area contributed by atoms with E-state index in [2.05, 4.69) is 58.8 Å². The topological polar surface area (TPSA) is 97.0 Å². The second-order valence-electron chi connectivity index (χ2n) is 9.63. The molecule has 8 nitrogen and oxygen atoms in total. The van der Waals surface area contributed by atoms with Crippen LogP contribution in [0.4, 0.5) is 17.3 Å². The zero-order valence-corrected chi connectivity index (χ0v) is 21.5. The first-order valence-corrected chi connectivity index (χ1v) is 12.8. The average Bonchev–Trinajstić information content (AvgIpc) is 3.37. The lowest BCUT2D eigenvalue weighted by atomic mass is 10.1. The van der Waals surface area contributed by atoms with Crippen LogP contribution in [0.15, 0.2) is 58.1 Å². The van der Waals surface area contributed by atoms with Crippen LogP contribution in [0, 0.1) is 11.8 Å². The van der Waals surface area contributed by atoms with Crippen LogP contribution in [-0.4, -0.2) is 33.7 Å². The van der Waals surface area contributed by atoms with Crippen LogP contribution in [0.2, 0.25) is 0 Å². The second-order valence-corrected chi connectivity index (χ2v) is 9.63. The number of pyridine rings is 1. The predicted octanol–water partition coefficient (Wildman–Crippen LogP) is 4.84. The molecular weight excluding hydrogens is 464 g/mol. The zero-order chi connectivity index (χ0) is 25.8. The summed E-state index contributed by atoms with van der Waals surface area (Å²) in [7, 11) is 0. The van der Waals surface area contributed by atoms with Gasteiger partial charge in [-0.25, -0.2) is 4.98 Å². The lowest BCUT2D eigenvalue weighted by Gasteiger charge is -2.24. The minimum atomic E-state index is -0.184. The number of hydrogen-bond acceptors (Lipinski definition) is 7. The molecule has 1 aliphatic heterocycles. The van der Waals surface area contributed by atoms with E-state index in [4.69, 9.17) is 9.40 Å². The van der Waals surface area contributed by atoms with Gasteiger partial charge < -0.3 is 20.4 Å². The number of nitrogens with one attached hydrogen (secondary N) is 3. The molecule has 8 heteroatoms. The Morgan fingerprint density at radius 2 is 1.92 bits per heavy atom. The van der Waals surface area contributed by atoms with Crippen molar-refractivity contribution < 1.29 is 4.42 Å². The molecule has 1 aliphatic rings. The number of piperidine rings is 1. The molecule has 0 spiro atoms. The summed E-state index contributed by atoms with van der Waals surface area (Å²) in [5, 5.41) is 11.0. The van der Waals surface area contributed by atoms with Gasteiger partial charge in [-0.3, -0.25) is 9.36 Å². The van der Waals surface area contributed by atoms with Crippen LogP contribution < -0.4 is 21.5 Å². The summed E-state index contributed by atoms with van der Waals surface area (Å²) < 4.78 is 7.35. The van der Waals surface area contributed by atoms with Crippen LogP contribution in [-0.2, 0) is 6.54 Å². The Hall–Kier alpha value is -4.09. The van der Waals surface area contributed by atoms with Crippen LogP contribution in [0.1, 0.15) is 56.4 Å². The van der Waals surface area contributed by atoms with Gasteiger partial charge in [0.15, 0.2) is 0 Å². The van der Waals surface area contributed by atoms with E-state index in [1.165, 1.54) is 0 Å². The SMILES string of the molecule is CC#Cc1cc2cnc(Nc3ccc(NC4CCNCC4)cc3)nc2n(Cc2ccoc2C(C)C)c1=O. The highest BCUT2D eigenvalue weighted by Gasteiger charge is 2.16. The fourth-order valence-electron chi connectivity index (χ4n) is 4.73. The maximum atomic E-state index is 13.4. The van der Waals surface area contributed by atoms with Gasteiger partial charge in [-0.15, -0.1) is 5.92 Å². The summed E-state index contributed by atoms with van der Waals surface area (Å²) in [4.78, 5) is 22.6. The van der Waals surface area contributed by atoms with Gasteiger partial charge in [0, 0.05) is 40.5 Å². The molecule has 4 aromatic rings. The van der Waals surface area contributed by atoms with Gasteiger partial charge in [0.2, 0.25) is 5.95 Å². The van der Waals surface area contributed by atoms with E-state index in [0.29, 0.717) is 29.7 Å². The largest absolute Gasteiger partial charge is 0.469 e. The van der Waals surface area contributed by atoms with E-state index in [1.807, 2.05) is 18.2 Å². The average molecular weight is 497 g/mol. The number of benzene rings is 1. The molecular formula is C29H32N6O2. The summed E-state index contributed by atoms with van der Waals surface area (Å²) in [5.74, 6) is 7.24. The fourth-order valence-corrected chi connectivity index (χ4v) is 4.73. The van der Waals surface area contributed by atoms with Crippen molar-refractivity contribution in [3.8, 4) is 11.8 Å². The maximum absolute atomic E-state index is 13.4. The van der Waals surface area contributed by atoms with Gasteiger partial charge in [-0.1, -0.05) is 19.8 Å². The molecule has 4 heterocycles. The molecule has 0 bridgehead atoms. The monoisotopic (exact) mass is 496 g/mol. The highest BCUT2D eigenvalue weighted by atomic mass is 16.3. The lowest BCUT2D eigenvalue weighted by Crippen LogP contribution is -2.35. The molecule has 3 N–H and O–H groups in total. The van der Waals surface area contributed by atoms with E-state index in [9.17, 15) is 4.79 Å². The highest BCUT2D eigenvalue weighted by Crippen LogP contribution is 2.24. The van der Waals surface area contributed by atoms with Crippen molar-refractivity contribution in [1.29, 1.82) is 0 Å². The minimum absolute atomic E-state index is 0.184. The van der Waals surface area contributed by atoms with E-state index in [1.54, 1.807) is 30.0 Å². The molecule has 0 atom stereocenters. The summed E-state index contributed by atoms with van der Waals surface area (Å²) in [6, 6.07) is 12.3. The molecule has 0 saturated carbocycles. The molecule has 3 aromatic heterocycles. The molecule has 1 fully saturated rings. The van der Waals surface area contributed by atoms with Gasteiger partial charge in [-0.05, 0) is 69.3 Å². The van der Waals surface area contributed by atoms with Crippen LogP contribution in [0.25, 0.3) is 11.0 Å². The van der Waals surface area contributed by atoms with Gasteiger partial charge in [0.1, 0.15) is 11.4 Å². The van der Waals surface area contributed by atoms with Crippen molar-refractivity contribution in [1.82, 2.24) is 19.9 Å². The Kier molecular flexibility index (Phi) is 7.24. The van der Waals surface area contributed by atoms with Gasteiger partial charge >= 0.3 is 0 Å². The molecule has 0 aliphatic carbocycles. The number of hydrogen-bond donors (Lipinski definition) is 3. The normalized spacial score (nSPS) is 13.9. The van der Waals surface area contributed by atoms with Crippen LogP contribution in [0.5, 0.6) is 0 Å². The van der Waals surface area contributed by atoms with Crippen molar-refractivity contribution in [2.45, 2.75) is 52.1 Å². The lowest BCUT2D eigenvalue weighted by molar-refractivity contribution is 0.479. The third-order valence-electron chi connectivity index (χ3n) is 6.57. The number of rotatable bonds is 7. The Labute approximate surface area is 216 Å². The first-order chi connectivity index (χ1) is 18.0. The summed E-state index contributed by atoms with van der Waals surface area (Å²) in [6.07, 6.45) is 5.64. The van der Waals surface area contributed by atoms with Gasteiger partial charge in [-0.2, -0.15) is 4.98 Å². The van der Waals surface area contributed by atoms with Gasteiger partial charge in [0.05, 0.1) is 18.4 Å². The van der Waals surface area contributed by atoms with E-state index in [-0.39, 0.29) is 11.5 Å². The maximum Gasteiger partial charge on any atom is 0.268 e. The molecule has 1 saturated heterocycles. The highest BCUT2D eigenvalue weighted by molar-refractivity contribution is 5.77. The van der Waals surface area contributed by atoms with E-state index >= 15 is 0 Å². The predicted molar refractivity (Wildman–Crippen MR) is 147 cm³/mol. The molecule has 0 radical (unpaired) electrons. The van der Waals surface area contributed by atoms with Crippen LogP contribution in [0.3, 0.4) is 0 Å².